The van der Waals surface area contributed by atoms with E-state index >= 15 is 0 Å². The van der Waals surface area contributed by atoms with Crippen molar-refractivity contribution in [1.82, 2.24) is 20.4 Å². The molecule has 132 valence electrons. The van der Waals surface area contributed by atoms with E-state index < -0.39 is 0 Å². The van der Waals surface area contributed by atoms with E-state index in [0.29, 0.717) is 51.9 Å². The molecule has 0 aromatic heterocycles. The van der Waals surface area contributed by atoms with Crippen molar-refractivity contribution in [3.8, 4) is 0 Å². The summed E-state index contributed by atoms with van der Waals surface area (Å²) in [6.07, 6.45) is 5.90. The van der Waals surface area contributed by atoms with Gasteiger partial charge in [0.2, 0.25) is 5.91 Å². The minimum Gasteiger partial charge on any atom is -0.383 e. The normalized spacial score (nSPS) is 19.7. The molecule has 2 rings (SSSR count). The molecular formula is C16H30N4O3. The first kappa shape index (κ1) is 18.0. The van der Waals surface area contributed by atoms with Crippen LogP contribution in [0.25, 0.3) is 0 Å². The molecule has 3 amide bonds. The first-order valence-electron chi connectivity index (χ1n) is 8.73. The maximum Gasteiger partial charge on any atom is 0.317 e. The van der Waals surface area contributed by atoms with Crippen LogP contribution in [0.3, 0.4) is 0 Å². The molecule has 0 bridgehead atoms. The summed E-state index contributed by atoms with van der Waals surface area (Å²) in [6, 6.07) is 0.364. The van der Waals surface area contributed by atoms with Crippen LogP contribution in [-0.2, 0) is 9.53 Å². The lowest BCUT2D eigenvalue weighted by molar-refractivity contribution is -0.131. The number of hydrogen-bond acceptors (Lipinski definition) is 4. The molecule has 0 aromatic carbocycles. The first-order valence-corrected chi connectivity index (χ1v) is 8.73. The summed E-state index contributed by atoms with van der Waals surface area (Å²) in [6.45, 7) is 4.06. The number of ether oxygens (including phenoxy) is 1. The molecule has 0 aromatic rings. The van der Waals surface area contributed by atoms with Crippen molar-refractivity contribution in [3.63, 3.8) is 0 Å². The second-order valence-electron chi connectivity index (χ2n) is 6.32. The molecule has 7 nitrogen and oxygen atoms in total. The van der Waals surface area contributed by atoms with Crippen LogP contribution < -0.4 is 10.6 Å². The van der Waals surface area contributed by atoms with Gasteiger partial charge in [0.15, 0.2) is 0 Å². The average molecular weight is 326 g/mol. The highest BCUT2D eigenvalue weighted by Gasteiger charge is 2.25. The summed E-state index contributed by atoms with van der Waals surface area (Å²) >= 11 is 0. The van der Waals surface area contributed by atoms with Gasteiger partial charge in [-0.05, 0) is 12.8 Å². The second kappa shape index (κ2) is 9.72. The summed E-state index contributed by atoms with van der Waals surface area (Å²) < 4.78 is 4.93. The SMILES string of the molecule is COCCNCC(=O)N1CCN(C(=O)NC2CCCCC2)CC1. The van der Waals surface area contributed by atoms with Gasteiger partial charge >= 0.3 is 6.03 Å². The summed E-state index contributed by atoms with van der Waals surface area (Å²) in [5, 5.41) is 6.20. The molecule has 1 aliphatic carbocycles. The lowest BCUT2D eigenvalue weighted by atomic mass is 9.96. The molecule has 1 saturated heterocycles. The summed E-state index contributed by atoms with van der Waals surface area (Å²) in [5.41, 5.74) is 0. The van der Waals surface area contributed by atoms with Crippen molar-refractivity contribution >= 4 is 11.9 Å². The molecule has 0 unspecified atom stereocenters. The molecule has 0 radical (unpaired) electrons. The highest BCUT2D eigenvalue weighted by Crippen LogP contribution is 2.17. The Balaban J connectivity index is 1.64. The van der Waals surface area contributed by atoms with E-state index in [4.69, 9.17) is 4.74 Å². The lowest BCUT2D eigenvalue weighted by Gasteiger charge is -2.36. The van der Waals surface area contributed by atoms with Crippen molar-refractivity contribution < 1.29 is 14.3 Å². The molecule has 0 spiro atoms. The van der Waals surface area contributed by atoms with E-state index in [2.05, 4.69) is 10.6 Å². The van der Waals surface area contributed by atoms with Gasteiger partial charge < -0.3 is 25.2 Å². The number of methoxy groups -OCH3 is 1. The standard InChI is InChI=1S/C16H30N4O3/c1-23-12-7-17-13-15(21)19-8-10-20(11-9-19)16(22)18-14-5-3-2-4-6-14/h14,17H,2-13H2,1H3,(H,18,22). The van der Waals surface area contributed by atoms with Gasteiger partial charge in [-0.15, -0.1) is 0 Å². The van der Waals surface area contributed by atoms with Crippen LogP contribution in [0.2, 0.25) is 0 Å². The highest BCUT2D eigenvalue weighted by molar-refractivity contribution is 5.79. The van der Waals surface area contributed by atoms with E-state index in [1.54, 1.807) is 7.11 Å². The van der Waals surface area contributed by atoms with Crippen LogP contribution in [0.1, 0.15) is 32.1 Å². The quantitative estimate of drug-likeness (QED) is 0.693. The number of piperazine rings is 1. The van der Waals surface area contributed by atoms with Crippen molar-refractivity contribution in [1.29, 1.82) is 0 Å². The van der Waals surface area contributed by atoms with Gasteiger partial charge in [0.1, 0.15) is 0 Å². The maximum atomic E-state index is 12.3. The van der Waals surface area contributed by atoms with Crippen LogP contribution in [0.15, 0.2) is 0 Å². The smallest absolute Gasteiger partial charge is 0.317 e. The van der Waals surface area contributed by atoms with E-state index in [1.165, 1.54) is 19.3 Å². The minimum atomic E-state index is 0.0298. The number of nitrogens with one attached hydrogen (secondary N) is 2. The van der Waals surface area contributed by atoms with Crippen LogP contribution in [0.5, 0.6) is 0 Å². The van der Waals surface area contributed by atoms with Crippen molar-refractivity contribution in [2.75, 3.05) is 53.0 Å². The van der Waals surface area contributed by atoms with Gasteiger partial charge in [-0.1, -0.05) is 19.3 Å². The van der Waals surface area contributed by atoms with Crippen LogP contribution >= 0.6 is 0 Å². The van der Waals surface area contributed by atoms with Crippen LogP contribution in [0.4, 0.5) is 4.79 Å². The molecule has 0 atom stereocenters. The lowest BCUT2D eigenvalue weighted by Crippen LogP contribution is -2.55. The first-order chi connectivity index (χ1) is 11.2. The number of carbonyl (C=O) groups is 2. The fraction of sp³-hybridized carbons (Fsp3) is 0.875. The average Bonchev–Trinajstić information content (AvgIpc) is 2.59. The fourth-order valence-corrected chi connectivity index (χ4v) is 3.15. The van der Waals surface area contributed by atoms with E-state index in [0.717, 1.165) is 12.8 Å². The number of amides is 3. The maximum absolute atomic E-state index is 12.3. The number of carbonyl (C=O) groups excluding carboxylic acids is 2. The Labute approximate surface area is 138 Å². The molecule has 1 saturated carbocycles. The van der Waals surface area contributed by atoms with Crippen molar-refractivity contribution in [2.24, 2.45) is 0 Å². The van der Waals surface area contributed by atoms with Crippen molar-refractivity contribution in [2.45, 2.75) is 38.1 Å². The third-order valence-electron chi connectivity index (χ3n) is 4.61. The Kier molecular flexibility index (Phi) is 7.61. The fourth-order valence-electron chi connectivity index (χ4n) is 3.15. The van der Waals surface area contributed by atoms with E-state index in [9.17, 15) is 9.59 Å². The molecule has 2 aliphatic rings. The topological polar surface area (TPSA) is 73.9 Å². The Bertz CT molecular complexity index is 378. The predicted molar refractivity (Wildman–Crippen MR) is 88.3 cm³/mol. The minimum absolute atomic E-state index is 0.0298. The summed E-state index contributed by atoms with van der Waals surface area (Å²) in [4.78, 5) is 28.0. The Hall–Kier alpha value is -1.34. The zero-order valence-corrected chi connectivity index (χ0v) is 14.2. The van der Waals surface area contributed by atoms with Crippen LogP contribution in [-0.4, -0.2) is 80.8 Å². The molecule has 1 heterocycles. The zero-order valence-electron chi connectivity index (χ0n) is 14.2. The van der Waals surface area contributed by atoms with Gasteiger partial charge in [0, 0.05) is 45.9 Å². The molecule has 2 fully saturated rings. The van der Waals surface area contributed by atoms with Gasteiger partial charge in [0.25, 0.3) is 0 Å². The molecular weight excluding hydrogens is 296 g/mol. The Morgan fingerprint density at radius 2 is 1.70 bits per heavy atom. The van der Waals surface area contributed by atoms with Crippen LogP contribution in [0, 0.1) is 0 Å². The molecule has 7 heteroatoms. The van der Waals surface area contributed by atoms with Gasteiger partial charge in [-0.2, -0.15) is 0 Å². The molecule has 23 heavy (non-hydrogen) atoms. The van der Waals surface area contributed by atoms with Crippen molar-refractivity contribution in [3.05, 3.63) is 0 Å². The van der Waals surface area contributed by atoms with E-state index in [1.807, 2.05) is 9.80 Å². The summed E-state index contributed by atoms with van der Waals surface area (Å²) in [5.74, 6) is 0.0911. The summed E-state index contributed by atoms with van der Waals surface area (Å²) in [7, 11) is 1.64. The van der Waals surface area contributed by atoms with E-state index in [-0.39, 0.29) is 11.9 Å². The van der Waals surface area contributed by atoms with Gasteiger partial charge in [-0.25, -0.2) is 4.79 Å². The third kappa shape index (κ3) is 5.99. The predicted octanol–water partition coefficient (Wildman–Crippen LogP) is 0.409. The zero-order chi connectivity index (χ0) is 16.5. The third-order valence-corrected chi connectivity index (χ3v) is 4.61. The Morgan fingerprint density at radius 3 is 2.35 bits per heavy atom. The molecule has 2 N–H and O–H groups in total. The number of rotatable bonds is 6. The number of nitrogens with zero attached hydrogens (tertiary/aromatic N) is 2. The largest absolute Gasteiger partial charge is 0.383 e. The number of urea groups is 1. The highest BCUT2D eigenvalue weighted by atomic mass is 16.5. The van der Waals surface area contributed by atoms with Gasteiger partial charge in [-0.3, -0.25) is 4.79 Å². The van der Waals surface area contributed by atoms with Gasteiger partial charge in [0.05, 0.1) is 13.2 Å². The number of hydrogen-bond donors (Lipinski definition) is 2. The monoisotopic (exact) mass is 326 g/mol. The molecule has 1 aliphatic heterocycles. The second-order valence-corrected chi connectivity index (χ2v) is 6.32. The Morgan fingerprint density at radius 1 is 1.04 bits per heavy atom.